The molecular formula is C13H16FN3O. The Morgan fingerprint density at radius 1 is 1.44 bits per heavy atom. The van der Waals surface area contributed by atoms with Crippen LogP contribution < -0.4 is 5.73 Å². The summed E-state index contributed by atoms with van der Waals surface area (Å²) in [7, 11) is 0. The molecule has 0 aliphatic heterocycles. The van der Waals surface area contributed by atoms with E-state index in [2.05, 4.69) is 10.1 Å². The Bertz CT molecular complexity index is 512. The molecule has 18 heavy (non-hydrogen) atoms. The molecule has 1 heterocycles. The molecule has 0 aliphatic carbocycles. The van der Waals surface area contributed by atoms with Crippen molar-refractivity contribution in [3.63, 3.8) is 0 Å². The van der Waals surface area contributed by atoms with Gasteiger partial charge in [-0.2, -0.15) is 4.98 Å². The van der Waals surface area contributed by atoms with Gasteiger partial charge in [-0.25, -0.2) is 4.39 Å². The van der Waals surface area contributed by atoms with Gasteiger partial charge in [0.1, 0.15) is 5.82 Å². The third-order valence-corrected chi connectivity index (χ3v) is 2.79. The van der Waals surface area contributed by atoms with Crippen molar-refractivity contribution in [2.45, 2.75) is 25.7 Å². The molecule has 0 radical (unpaired) electrons. The van der Waals surface area contributed by atoms with Gasteiger partial charge in [0.15, 0.2) is 0 Å². The molecule has 96 valence electrons. The lowest BCUT2D eigenvalue weighted by molar-refractivity contribution is 0.352. The highest BCUT2D eigenvalue weighted by Crippen LogP contribution is 2.22. The van der Waals surface area contributed by atoms with Crippen LogP contribution in [0.5, 0.6) is 0 Å². The highest BCUT2D eigenvalue weighted by Gasteiger charge is 2.14. The Kier molecular flexibility index (Phi) is 4.04. The average Bonchev–Trinajstić information content (AvgIpc) is 2.85. The van der Waals surface area contributed by atoms with E-state index in [1.165, 1.54) is 12.1 Å². The van der Waals surface area contributed by atoms with Crippen molar-refractivity contribution in [2.24, 2.45) is 5.73 Å². The zero-order chi connectivity index (χ0) is 13.0. The van der Waals surface area contributed by atoms with Crippen LogP contribution >= 0.6 is 0 Å². The Balaban J connectivity index is 2.15. The first-order chi connectivity index (χ1) is 8.70. The van der Waals surface area contributed by atoms with Crippen LogP contribution in [0.25, 0.3) is 11.4 Å². The van der Waals surface area contributed by atoms with Crippen LogP contribution in [-0.2, 0) is 0 Å². The molecule has 2 rings (SSSR count). The van der Waals surface area contributed by atoms with Crippen molar-refractivity contribution in [1.82, 2.24) is 10.1 Å². The molecule has 2 aromatic rings. The second-order valence-electron chi connectivity index (χ2n) is 4.30. The number of rotatable bonds is 5. The number of hydrogen-bond acceptors (Lipinski definition) is 4. The largest absolute Gasteiger partial charge is 0.339 e. The predicted octanol–water partition coefficient (Wildman–Crippen LogP) is 2.72. The number of halogens is 1. The smallest absolute Gasteiger partial charge is 0.229 e. The Morgan fingerprint density at radius 3 is 3.00 bits per heavy atom. The number of benzene rings is 1. The van der Waals surface area contributed by atoms with Gasteiger partial charge in [0.25, 0.3) is 0 Å². The predicted molar refractivity (Wildman–Crippen MR) is 66.4 cm³/mol. The molecular weight excluding hydrogens is 233 g/mol. The minimum Gasteiger partial charge on any atom is -0.339 e. The van der Waals surface area contributed by atoms with E-state index in [0.717, 1.165) is 12.8 Å². The molecule has 0 saturated heterocycles. The van der Waals surface area contributed by atoms with Gasteiger partial charge < -0.3 is 10.3 Å². The van der Waals surface area contributed by atoms with E-state index in [0.29, 0.717) is 23.8 Å². The van der Waals surface area contributed by atoms with E-state index in [1.54, 1.807) is 12.1 Å². The third kappa shape index (κ3) is 2.92. The van der Waals surface area contributed by atoms with Crippen LogP contribution in [0.2, 0.25) is 0 Å². The van der Waals surface area contributed by atoms with Gasteiger partial charge in [-0.15, -0.1) is 0 Å². The summed E-state index contributed by atoms with van der Waals surface area (Å²) in [5.41, 5.74) is 6.08. The summed E-state index contributed by atoms with van der Waals surface area (Å²) in [6, 6.07) is 6.15. The molecule has 1 aromatic heterocycles. The van der Waals surface area contributed by atoms with Gasteiger partial charge in [0.05, 0.1) is 0 Å². The number of hydrogen-bond donors (Lipinski definition) is 1. The van der Waals surface area contributed by atoms with Crippen LogP contribution in [0.15, 0.2) is 28.8 Å². The summed E-state index contributed by atoms with van der Waals surface area (Å²) in [5, 5.41) is 3.87. The molecule has 1 atom stereocenters. The minimum atomic E-state index is -0.310. The lowest BCUT2D eigenvalue weighted by Crippen LogP contribution is -2.02. The van der Waals surface area contributed by atoms with Crippen LogP contribution in [0.4, 0.5) is 4.39 Å². The molecule has 4 nitrogen and oxygen atoms in total. The number of nitrogens with two attached hydrogens (primary N) is 1. The number of aromatic nitrogens is 2. The van der Waals surface area contributed by atoms with Crippen molar-refractivity contribution < 1.29 is 8.91 Å². The molecule has 0 spiro atoms. The summed E-state index contributed by atoms with van der Waals surface area (Å²) < 4.78 is 18.3. The van der Waals surface area contributed by atoms with Crippen molar-refractivity contribution >= 4 is 0 Å². The van der Waals surface area contributed by atoms with Crippen LogP contribution in [0.1, 0.15) is 31.6 Å². The second kappa shape index (κ2) is 5.73. The molecule has 1 aromatic carbocycles. The van der Waals surface area contributed by atoms with Crippen molar-refractivity contribution in [3.8, 4) is 11.4 Å². The quantitative estimate of drug-likeness (QED) is 0.884. The third-order valence-electron chi connectivity index (χ3n) is 2.79. The topological polar surface area (TPSA) is 64.9 Å². The minimum absolute atomic E-state index is 0.170. The summed E-state index contributed by atoms with van der Waals surface area (Å²) in [6.45, 7) is 2.66. The summed E-state index contributed by atoms with van der Waals surface area (Å²) in [6.07, 6.45) is 1.82. The van der Waals surface area contributed by atoms with E-state index in [9.17, 15) is 4.39 Å². The lowest BCUT2D eigenvalue weighted by atomic mass is 10.1. The first-order valence-corrected chi connectivity index (χ1v) is 6.00. The first kappa shape index (κ1) is 12.7. The van der Waals surface area contributed by atoms with Crippen molar-refractivity contribution in [1.29, 1.82) is 0 Å². The second-order valence-corrected chi connectivity index (χ2v) is 4.30. The zero-order valence-electron chi connectivity index (χ0n) is 10.3. The molecule has 0 fully saturated rings. The molecule has 5 heteroatoms. The highest BCUT2D eigenvalue weighted by atomic mass is 19.1. The van der Waals surface area contributed by atoms with Crippen LogP contribution in [-0.4, -0.2) is 16.7 Å². The van der Waals surface area contributed by atoms with E-state index in [-0.39, 0.29) is 11.7 Å². The van der Waals surface area contributed by atoms with E-state index in [4.69, 9.17) is 10.3 Å². The highest BCUT2D eigenvalue weighted by molar-refractivity contribution is 5.53. The maximum atomic E-state index is 13.1. The molecule has 0 aliphatic rings. The van der Waals surface area contributed by atoms with Gasteiger partial charge >= 0.3 is 0 Å². The van der Waals surface area contributed by atoms with E-state index < -0.39 is 0 Å². The molecule has 2 N–H and O–H groups in total. The lowest BCUT2D eigenvalue weighted by Gasteiger charge is -2.03. The Hall–Kier alpha value is -1.75. The van der Waals surface area contributed by atoms with Gasteiger partial charge in [-0.05, 0) is 31.5 Å². The van der Waals surface area contributed by atoms with Crippen LogP contribution in [0, 0.1) is 5.82 Å². The van der Waals surface area contributed by atoms with Crippen LogP contribution in [0.3, 0.4) is 0 Å². The fourth-order valence-electron chi connectivity index (χ4n) is 1.73. The first-order valence-electron chi connectivity index (χ1n) is 6.00. The summed E-state index contributed by atoms with van der Waals surface area (Å²) in [4.78, 5) is 4.29. The molecule has 0 amide bonds. The zero-order valence-corrected chi connectivity index (χ0v) is 10.3. The Labute approximate surface area is 105 Å². The summed E-state index contributed by atoms with van der Waals surface area (Å²) >= 11 is 0. The maximum absolute atomic E-state index is 13.1. The van der Waals surface area contributed by atoms with Crippen molar-refractivity contribution in [2.75, 3.05) is 6.54 Å². The fourth-order valence-corrected chi connectivity index (χ4v) is 1.73. The van der Waals surface area contributed by atoms with E-state index in [1.807, 2.05) is 6.92 Å². The van der Waals surface area contributed by atoms with Crippen molar-refractivity contribution in [3.05, 3.63) is 36.0 Å². The standard InChI is InChI=1S/C13H16FN3O/c1-9(4-3-7-15)13-16-12(17-18-13)10-5-2-6-11(14)8-10/h2,5-6,8-9H,3-4,7,15H2,1H3. The summed E-state index contributed by atoms with van der Waals surface area (Å²) in [5.74, 6) is 0.852. The molecule has 0 bridgehead atoms. The Morgan fingerprint density at radius 2 is 2.28 bits per heavy atom. The maximum Gasteiger partial charge on any atom is 0.229 e. The SMILES string of the molecule is CC(CCCN)c1nc(-c2cccc(F)c2)no1. The molecule has 1 unspecified atom stereocenters. The monoisotopic (exact) mass is 249 g/mol. The van der Waals surface area contributed by atoms with Gasteiger partial charge in [0, 0.05) is 11.5 Å². The van der Waals surface area contributed by atoms with E-state index >= 15 is 0 Å². The average molecular weight is 249 g/mol. The van der Waals surface area contributed by atoms with Gasteiger partial charge in [-0.1, -0.05) is 24.2 Å². The number of nitrogens with zero attached hydrogens (tertiary/aromatic N) is 2. The fraction of sp³-hybridized carbons (Fsp3) is 0.385. The normalized spacial score (nSPS) is 12.6. The van der Waals surface area contributed by atoms with Gasteiger partial charge in [0.2, 0.25) is 11.7 Å². The van der Waals surface area contributed by atoms with Gasteiger partial charge in [-0.3, -0.25) is 0 Å². The molecule has 0 saturated carbocycles.